The quantitative estimate of drug-likeness (QED) is 0.901. The smallest absolute Gasteiger partial charge is 0.312 e. The molecule has 1 aliphatic heterocycles. The van der Waals surface area contributed by atoms with Gasteiger partial charge in [0.15, 0.2) is 0 Å². The lowest BCUT2D eigenvalue weighted by Crippen LogP contribution is -2.51. The van der Waals surface area contributed by atoms with E-state index in [2.05, 4.69) is 5.32 Å². The van der Waals surface area contributed by atoms with Gasteiger partial charge in [0.25, 0.3) is 0 Å². The molecule has 0 saturated carbocycles. The Labute approximate surface area is 134 Å². The van der Waals surface area contributed by atoms with Gasteiger partial charge in [0.05, 0.1) is 11.3 Å². The van der Waals surface area contributed by atoms with Crippen molar-refractivity contribution in [3.63, 3.8) is 0 Å². The van der Waals surface area contributed by atoms with Crippen LogP contribution in [0.1, 0.15) is 18.1 Å². The second-order valence-corrected chi connectivity index (χ2v) is 7.09. The molecule has 1 aliphatic rings. The first-order valence-electron chi connectivity index (χ1n) is 6.56. The number of sulfonamides is 1. The minimum Gasteiger partial charge on any atom is -0.312 e. The highest BCUT2D eigenvalue weighted by Gasteiger charge is 2.35. The Morgan fingerprint density at radius 1 is 1.32 bits per heavy atom. The predicted octanol–water partition coefficient (Wildman–Crippen LogP) is 2.25. The molecule has 2 rings (SSSR count). The van der Waals surface area contributed by atoms with Crippen molar-refractivity contribution in [2.75, 3.05) is 19.6 Å². The largest absolute Gasteiger partial charge is 0.416 e. The van der Waals surface area contributed by atoms with Crippen molar-refractivity contribution in [2.24, 2.45) is 0 Å². The number of halogens is 4. The molecule has 0 aliphatic carbocycles. The van der Waals surface area contributed by atoms with E-state index in [1.807, 2.05) is 6.92 Å². The second kappa shape index (κ2) is 7.16. The first kappa shape index (κ1) is 19.2. The van der Waals surface area contributed by atoms with Gasteiger partial charge in [0, 0.05) is 25.7 Å². The van der Waals surface area contributed by atoms with Crippen LogP contribution in [0.25, 0.3) is 0 Å². The Morgan fingerprint density at radius 2 is 1.95 bits per heavy atom. The monoisotopic (exact) mass is 358 g/mol. The number of rotatable bonds is 3. The maximum atomic E-state index is 12.9. The van der Waals surface area contributed by atoms with Crippen molar-refractivity contribution >= 4 is 22.4 Å². The van der Waals surface area contributed by atoms with E-state index >= 15 is 0 Å². The zero-order valence-electron chi connectivity index (χ0n) is 11.9. The normalized spacial score (nSPS) is 20.5. The van der Waals surface area contributed by atoms with E-state index in [4.69, 9.17) is 0 Å². The van der Waals surface area contributed by atoms with Crippen molar-refractivity contribution in [2.45, 2.75) is 24.9 Å². The van der Waals surface area contributed by atoms with Gasteiger partial charge in [-0.05, 0) is 18.6 Å². The number of alkyl halides is 3. The van der Waals surface area contributed by atoms with Crippen LogP contribution in [-0.2, 0) is 22.0 Å². The second-order valence-electron chi connectivity index (χ2n) is 5.12. The predicted molar refractivity (Wildman–Crippen MR) is 80.4 cm³/mol. The zero-order valence-corrected chi connectivity index (χ0v) is 13.6. The molecule has 1 N–H and O–H groups in total. The molecular formula is C13H18ClF3N2O2S. The zero-order chi connectivity index (χ0) is 15.7. The van der Waals surface area contributed by atoms with E-state index in [1.165, 1.54) is 22.5 Å². The Balaban J connectivity index is 0.00000242. The van der Waals surface area contributed by atoms with Crippen molar-refractivity contribution < 1.29 is 21.6 Å². The lowest BCUT2D eigenvalue weighted by Gasteiger charge is -2.31. The lowest BCUT2D eigenvalue weighted by molar-refractivity contribution is -0.138. The molecule has 22 heavy (non-hydrogen) atoms. The molecule has 1 heterocycles. The molecule has 0 aromatic heterocycles. The third-order valence-corrected chi connectivity index (χ3v) is 5.18. The van der Waals surface area contributed by atoms with Crippen LogP contribution in [-0.4, -0.2) is 38.4 Å². The Bertz CT molecular complexity index is 608. The standard InChI is InChI=1S/C13H17F3N2O2S.ClH/c1-10-8-18(7-6-17-10)21(19,20)9-11-4-2-3-5-12(11)13(14,15)16;/h2-5,10,17H,6-9H2,1H3;1H/t10-;/m1./s1. The maximum absolute atomic E-state index is 12.9. The summed E-state index contributed by atoms with van der Waals surface area (Å²) in [6.45, 7) is 2.89. The number of hydrogen-bond acceptors (Lipinski definition) is 3. The van der Waals surface area contributed by atoms with Crippen molar-refractivity contribution in [3.05, 3.63) is 35.4 Å². The van der Waals surface area contributed by atoms with Crippen LogP contribution in [0.5, 0.6) is 0 Å². The summed E-state index contributed by atoms with van der Waals surface area (Å²) in [5.41, 5.74) is -1.10. The minimum atomic E-state index is -4.55. The number of nitrogens with one attached hydrogen (secondary N) is 1. The molecule has 0 bridgehead atoms. The van der Waals surface area contributed by atoms with Gasteiger partial charge >= 0.3 is 6.18 Å². The summed E-state index contributed by atoms with van der Waals surface area (Å²) in [4.78, 5) is 0. The van der Waals surface area contributed by atoms with E-state index in [0.29, 0.717) is 6.54 Å². The molecule has 1 saturated heterocycles. The topological polar surface area (TPSA) is 49.4 Å². The van der Waals surface area contributed by atoms with Crippen molar-refractivity contribution in [1.82, 2.24) is 9.62 Å². The van der Waals surface area contributed by atoms with Gasteiger partial charge in [-0.1, -0.05) is 18.2 Å². The average Bonchev–Trinajstić information content (AvgIpc) is 2.37. The highest BCUT2D eigenvalue weighted by molar-refractivity contribution is 7.88. The molecule has 4 nitrogen and oxygen atoms in total. The van der Waals surface area contributed by atoms with Gasteiger partial charge in [-0.15, -0.1) is 12.4 Å². The fraction of sp³-hybridized carbons (Fsp3) is 0.538. The van der Waals surface area contributed by atoms with Crippen molar-refractivity contribution in [3.8, 4) is 0 Å². The summed E-state index contributed by atoms with van der Waals surface area (Å²) < 4.78 is 64.6. The Hall–Kier alpha value is -0.830. The van der Waals surface area contributed by atoms with Gasteiger partial charge in [-0.3, -0.25) is 0 Å². The van der Waals surface area contributed by atoms with Crippen LogP contribution in [0.4, 0.5) is 13.2 Å². The molecule has 0 radical (unpaired) electrons. The van der Waals surface area contributed by atoms with Crippen LogP contribution in [0, 0.1) is 0 Å². The van der Waals surface area contributed by atoms with Crippen LogP contribution < -0.4 is 5.32 Å². The number of piperazine rings is 1. The molecule has 9 heteroatoms. The third kappa shape index (κ3) is 4.58. The van der Waals surface area contributed by atoms with E-state index in [9.17, 15) is 21.6 Å². The van der Waals surface area contributed by atoms with Crippen LogP contribution in [0.3, 0.4) is 0 Å². The van der Waals surface area contributed by atoms with Crippen LogP contribution >= 0.6 is 12.4 Å². The molecule has 0 spiro atoms. The molecule has 1 aromatic carbocycles. The molecule has 126 valence electrons. The van der Waals surface area contributed by atoms with E-state index in [1.54, 1.807) is 0 Å². The molecule has 0 amide bonds. The third-order valence-electron chi connectivity index (χ3n) is 3.39. The lowest BCUT2D eigenvalue weighted by atomic mass is 10.1. The van der Waals surface area contributed by atoms with Gasteiger partial charge in [0.2, 0.25) is 10.0 Å². The van der Waals surface area contributed by atoms with Gasteiger partial charge in [0.1, 0.15) is 0 Å². The fourth-order valence-electron chi connectivity index (χ4n) is 2.36. The van der Waals surface area contributed by atoms with Gasteiger partial charge in [-0.25, -0.2) is 8.42 Å². The SMILES string of the molecule is C[C@@H]1CN(S(=O)(=O)Cc2ccccc2C(F)(F)F)CCN1.Cl. The Kier molecular flexibility index (Phi) is 6.26. The molecule has 1 aromatic rings. The molecule has 1 atom stereocenters. The summed E-state index contributed by atoms with van der Waals surface area (Å²) in [5, 5.41) is 3.10. The number of hydrogen-bond donors (Lipinski definition) is 1. The summed E-state index contributed by atoms with van der Waals surface area (Å²) in [5.74, 6) is -0.630. The van der Waals surface area contributed by atoms with Gasteiger partial charge < -0.3 is 5.32 Å². The van der Waals surface area contributed by atoms with Gasteiger partial charge in [-0.2, -0.15) is 17.5 Å². The first-order valence-corrected chi connectivity index (χ1v) is 8.17. The number of nitrogens with zero attached hydrogens (tertiary/aromatic N) is 1. The average molecular weight is 359 g/mol. The maximum Gasteiger partial charge on any atom is 0.416 e. The molecular weight excluding hydrogens is 341 g/mol. The summed E-state index contributed by atoms with van der Waals surface area (Å²) >= 11 is 0. The highest BCUT2D eigenvalue weighted by atomic mass is 35.5. The highest BCUT2D eigenvalue weighted by Crippen LogP contribution is 2.33. The molecule has 1 fully saturated rings. The summed E-state index contributed by atoms with van der Waals surface area (Å²) in [6, 6.07) is 4.79. The molecule has 0 unspecified atom stereocenters. The summed E-state index contributed by atoms with van der Waals surface area (Å²) in [6.07, 6.45) is -4.55. The van der Waals surface area contributed by atoms with E-state index < -0.39 is 27.5 Å². The minimum absolute atomic E-state index is 0. The van der Waals surface area contributed by atoms with Crippen LogP contribution in [0.15, 0.2) is 24.3 Å². The summed E-state index contributed by atoms with van der Waals surface area (Å²) in [7, 11) is -3.76. The first-order chi connectivity index (χ1) is 9.70. The number of benzene rings is 1. The Morgan fingerprint density at radius 3 is 2.55 bits per heavy atom. The van der Waals surface area contributed by atoms with E-state index in [0.717, 1.165) is 6.07 Å². The van der Waals surface area contributed by atoms with Crippen LogP contribution in [0.2, 0.25) is 0 Å². The van der Waals surface area contributed by atoms with E-state index in [-0.39, 0.29) is 37.1 Å². The van der Waals surface area contributed by atoms with Crippen molar-refractivity contribution in [1.29, 1.82) is 0 Å². The fourth-order valence-corrected chi connectivity index (χ4v) is 4.01.